The predicted molar refractivity (Wildman–Crippen MR) is 111 cm³/mol. The Morgan fingerprint density at radius 2 is 1.89 bits per heavy atom. The number of likely N-dealkylation sites (tertiary alicyclic amines) is 1. The standard InChI is InChI=1S/C23H25N3O2/c1-15-16(2)24-21-11-10-17(13-20(15)21)23(28)26-12-6-7-18(14-26)22(27)25-19-8-4-3-5-9-19/h3-5,8-11,13,18,24H,6-7,12,14H2,1-2H3,(H,25,27). The van der Waals surface area contributed by atoms with Crippen molar-refractivity contribution < 1.29 is 9.59 Å². The number of para-hydroxylation sites is 1. The molecule has 1 aliphatic rings. The molecule has 3 aromatic rings. The molecule has 5 nitrogen and oxygen atoms in total. The fraction of sp³-hybridized carbons (Fsp3) is 0.304. The number of aromatic nitrogens is 1. The van der Waals surface area contributed by atoms with Crippen LogP contribution >= 0.6 is 0 Å². The Morgan fingerprint density at radius 3 is 2.68 bits per heavy atom. The number of piperidine rings is 1. The molecule has 28 heavy (non-hydrogen) atoms. The fourth-order valence-electron chi connectivity index (χ4n) is 3.92. The molecular formula is C23H25N3O2. The lowest BCUT2D eigenvalue weighted by Gasteiger charge is -2.32. The molecule has 0 bridgehead atoms. The number of amides is 2. The van der Waals surface area contributed by atoms with Crippen molar-refractivity contribution in [2.24, 2.45) is 5.92 Å². The molecule has 0 spiro atoms. The minimum Gasteiger partial charge on any atom is -0.358 e. The second kappa shape index (κ2) is 7.50. The molecule has 0 radical (unpaired) electrons. The van der Waals surface area contributed by atoms with Gasteiger partial charge in [-0.1, -0.05) is 18.2 Å². The average molecular weight is 375 g/mol. The number of aryl methyl sites for hydroxylation is 2. The number of fused-ring (bicyclic) bond motifs is 1. The van der Waals surface area contributed by atoms with Crippen molar-refractivity contribution >= 4 is 28.4 Å². The molecule has 1 atom stereocenters. The Labute approximate surface area is 164 Å². The van der Waals surface area contributed by atoms with E-state index in [0.29, 0.717) is 18.7 Å². The minimum absolute atomic E-state index is 0.00244. The Kier molecular flexibility index (Phi) is 4.90. The average Bonchev–Trinajstić information content (AvgIpc) is 3.01. The van der Waals surface area contributed by atoms with Crippen LogP contribution in [0.5, 0.6) is 0 Å². The van der Waals surface area contributed by atoms with E-state index in [1.807, 2.05) is 60.4 Å². The minimum atomic E-state index is -0.183. The first-order chi connectivity index (χ1) is 13.5. The number of carbonyl (C=O) groups excluding carboxylic acids is 2. The fourth-order valence-corrected chi connectivity index (χ4v) is 3.92. The summed E-state index contributed by atoms with van der Waals surface area (Å²) in [5.41, 5.74) is 4.81. The van der Waals surface area contributed by atoms with Crippen molar-refractivity contribution in [3.05, 3.63) is 65.4 Å². The first kappa shape index (κ1) is 18.3. The monoisotopic (exact) mass is 375 g/mol. The number of nitrogens with one attached hydrogen (secondary N) is 2. The van der Waals surface area contributed by atoms with Crippen LogP contribution in [0.1, 0.15) is 34.5 Å². The van der Waals surface area contributed by atoms with Crippen molar-refractivity contribution in [2.75, 3.05) is 18.4 Å². The van der Waals surface area contributed by atoms with Crippen LogP contribution in [-0.4, -0.2) is 34.8 Å². The van der Waals surface area contributed by atoms with Gasteiger partial charge in [0.1, 0.15) is 0 Å². The van der Waals surface area contributed by atoms with Gasteiger partial charge in [0.2, 0.25) is 5.91 Å². The van der Waals surface area contributed by atoms with E-state index in [0.717, 1.165) is 35.1 Å². The lowest BCUT2D eigenvalue weighted by atomic mass is 9.96. The molecule has 1 aromatic heterocycles. The van der Waals surface area contributed by atoms with Gasteiger partial charge in [0.05, 0.1) is 5.92 Å². The lowest BCUT2D eigenvalue weighted by Crippen LogP contribution is -2.43. The van der Waals surface area contributed by atoms with Gasteiger partial charge in [0.15, 0.2) is 0 Å². The van der Waals surface area contributed by atoms with E-state index in [-0.39, 0.29) is 17.7 Å². The number of aromatic amines is 1. The number of H-pyrrole nitrogens is 1. The quantitative estimate of drug-likeness (QED) is 0.718. The van der Waals surface area contributed by atoms with E-state index in [4.69, 9.17) is 0 Å². The van der Waals surface area contributed by atoms with Gasteiger partial charge in [-0.15, -0.1) is 0 Å². The first-order valence-corrected chi connectivity index (χ1v) is 9.77. The second-order valence-corrected chi connectivity index (χ2v) is 7.58. The van der Waals surface area contributed by atoms with Crippen molar-refractivity contribution in [3.63, 3.8) is 0 Å². The van der Waals surface area contributed by atoms with E-state index < -0.39 is 0 Å². The maximum Gasteiger partial charge on any atom is 0.253 e. The Hall–Kier alpha value is -3.08. The van der Waals surface area contributed by atoms with Gasteiger partial charge in [0, 0.05) is 40.9 Å². The number of anilines is 1. The zero-order valence-electron chi connectivity index (χ0n) is 16.3. The molecule has 1 saturated heterocycles. The lowest BCUT2D eigenvalue weighted by molar-refractivity contribution is -0.121. The van der Waals surface area contributed by atoms with E-state index in [1.165, 1.54) is 5.56 Å². The van der Waals surface area contributed by atoms with Gasteiger partial charge in [-0.2, -0.15) is 0 Å². The van der Waals surface area contributed by atoms with Crippen LogP contribution in [0.15, 0.2) is 48.5 Å². The van der Waals surface area contributed by atoms with E-state index in [9.17, 15) is 9.59 Å². The molecule has 2 aromatic carbocycles. The third kappa shape index (κ3) is 3.52. The molecule has 4 rings (SSSR count). The first-order valence-electron chi connectivity index (χ1n) is 9.77. The molecule has 2 N–H and O–H groups in total. The molecule has 0 aliphatic carbocycles. The molecule has 2 heterocycles. The maximum atomic E-state index is 13.1. The zero-order valence-corrected chi connectivity index (χ0v) is 16.3. The summed E-state index contributed by atoms with van der Waals surface area (Å²) in [6.45, 7) is 5.25. The topological polar surface area (TPSA) is 65.2 Å². The molecular weight excluding hydrogens is 350 g/mol. The van der Waals surface area contributed by atoms with Crippen LogP contribution in [0.2, 0.25) is 0 Å². The normalized spacial score (nSPS) is 16.9. The zero-order chi connectivity index (χ0) is 19.7. The van der Waals surface area contributed by atoms with Crippen molar-refractivity contribution in [1.29, 1.82) is 0 Å². The van der Waals surface area contributed by atoms with Gasteiger partial charge < -0.3 is 15.2 Å². The van der Waals surface area contributed by atoms with Crippen LogP contribution in [-0.2, 0) is 4.79 Å². The molecule has 1 fully saturated rings. The third-order valence-electron chi connectivity index (χ3n) is 5.68. The number of hydrogen-bond acceptors (Lipinski definition) is 2. The highest BCUT2D eigenvalue weighted by atomic mass is 16.2. The molecule has 144 valence electrons. The van der Waals surface area contributed by atoms with Crippen LogP contribution < -0.4 is 5.32 Å². The summed E-state index contributed by atoms with van der Waals surface area (Å²) in [5, 5.41) is 4.05. The van der Waals surface area contributed by atoms with Crippen molar-refractivity contribution in [2.45, 2.75) is 26.7 Å². The summed E-state index contributed by atoms with van der Waals surface area (Å²) < 4.78 is 0. The highest BCUT2D eigenvalue weighted by Gasteiger charge is 2.29. The molecule has 1 aliphatic heterocycles. The molecule has 1 unspecified atom stereocenters. The SMILES string of the molecule is Cc1[nH]c2ccc(C(=O)N3CCCC(C(=O)Nc4ccccc4)C3)cc2c1C. The molecule has 0 saturated carbocycles. The van der Waals surface area contributed by atoms with Crippen LogP contribution in [0.3, 0.4) is 0 Å². The van der Waals surface area contributed by atoms with Crippen LogP contribution in [0.4, 0.5) is 5.69 Å². The highest BCUT2D eigenvalue weighted by Crippen LogP contribution is 2.25. The molecule has 2 amide bonds. The third-order valence-corrected chi connectivity index (χ3v) is 5.68. The van der Waals surface area contributed by atoms with E-state index in [1.54, 1.807) is 0 Å². The van der Waals surface area contributed by atoms with Gasteiger partial charge in [0.25, 0.3) is 5.91 Å². The Bertz CT molecular complexity index is 1020. The largest absolute Gasteiger partial charge is 0.358 e. The maximum absolute atomic E-state index is 13.1. The predicted octanol–water partition coefficient (Wildman–Crippen LogP) is 4.28. The summed E-state index contributed by atoms with van der Waals surface area (Å²) in [4.78, 5) is 30.9. The van der Waals surface area contributed by atoms with E-state index >= 15 is 0 Å². The number of hydrogen-bond donors (Lipinski definition) is 2. The number of benzene rings is 2. The van der Waals surface area contributed by atoms with E-state index in [2.05, 4.69) is 17.2 Å². The Morgan fingerprint density at radius 1 is 1.11 bits per heavy atom. The van der Waals surface area contributed by atoms with Crippen molar-refractivity contribution in [3.8, 4) is 0 Å². The summed E-state index contributed by atoms with van der Waals surface area (Å²) in [6.07, 6.45) is 1.64. The van der Waals surface area contributed by atoms with Crippen LogP contribution in [0.25, 0.3) is 10.9 Å². The number of carbonyl (C=O) groups is 2. The van der Waals surface area contributed by atoms with Crippen molar-refractivity contribution in [1.82, 2.24) is 9.88 Å². The van der Waals surface area contributed by atoms with Gasteiger partial charge in [-0.3, -0.25) is 9.59 Å². The van der Waals surface area contributed by atoms with Gasteiger partial charge in [-0.25, -0.2) is 0 Å². The summed E-state index contributed by atoms with van der Waals surface area (Å²) in [6, 6.07) is 15.3. The van der Waals surface area contributed by atoms with Crippen LogP contribution in [0, 0.1) is 19.8 Å². The number of nitrogens with zero attached hydrogens (tertiary/aromatic N) is 1. The number of rotatable bonds is 3. The second-order valence-electron chi connectivity index (χ2n) is 7.58. The summed E-state index contributed by atoms with van der Waals surface area (Å²) >= 11 is 0. The van der Waals surface area contributed by atoms with Gasteiger partial charge >= 0.3 is 0 Å². The summed E-state index contributed by atoms with van der Waals surface area (Å²) in [5.74, 6) is -0.202. The molecule has 5 heteroatoms. The highest BCUT2D eigenvalue weighted by molar-refractivity contribution is 6.00. The smallest absolute Gasteiger partial charge is 0.253 e. The Balaban J connectivity index is 1.49. The van der Waals surface area contributed by atoms with Gasteiger partial charge in [-0.05, 0) is 62.6 Å². The summed E-state index contributed by atoms with van der Waals surface area (Å²) in [7, 11) is 0.